The fraction of sp³-hybridized carbons (Fsp3) is 0.231. The minimum absolute atomic E-state index is 0.365. The van der Waals surface area contributed by atoms with Crippen molar-refractivity contribution in [3.8, 4) is 11.5 Å². The number of alkyl halides is 1. The smallest absolute Gasteiger partial charge is 0.146 e. The fourth-order valence-electron chi connectivity index (χ4n) is 1.74. The summed E-state index contributed by atoms with van der Waals surface area (Å²) in [7, 11) is 3.10. The number of hydrogen-bond donors (Lipinski definition) is 0. The molecule has 102 valence electrons. The lowest BCUT2D eigenvalue weighted by Gasteiger charge is -2.16. The number of thiophene rings is 1. The van der Waals surface area contributed by atoms with Gasteiger partial charge in [0.05, 0.1) is 23.9 Å². The van der Waals surface area contributed by atoms with Crippen molar-refractivity contribution in [3.05, 3.63) is 44.1 Å². The maximum atomic E-state index is 6.47. The Morgan fingerprint density at radius 1 is 1.05 bits per heavy atom. The van der Waals surface area contributed by atoms with Crippen LogP contribution in [0.5, 0.6) is 11.5 Å². The van der Waals surface area contributed by atoms with E-state index in [4.69, 9.17) is 44.3 Å². The summed E-state index contributed by atoms with van der Waals surface area (Å²) in [5, 5.41) is 0.0478. The third-order valence-corrected chi connectivity index (χ3v) is 4.89. The predicted molar refractivity (Wildman–Crippen MR) is 81.6 cm³/mol. The molecule has 2 rings (SSSR count). The van der Waals surface area contributed by atoms with E-state index >= 15 is 0 Å². The molecule has 1 heterocycles. The second-order valence-electron chi connectivity index (χ2n) is 3.71. The molecule has 1 atom stereocenters. The lowest BCUT2D eigenvalue weighted by atomic mass is 10.1. The highest BCUT2D eigenvalue weighted by molar-refractivity contribution is 7.16. The van der Waals surface area contributed by atoms with Crippen LogP contribution in [0.25, 0.3) is 0 Å². The quantitative estimate of drug-likeness (QED) is 0.695. The summed E-state index contributed by atoms with van der Waals surface area (Å²) in [5.74, 6) is 1.07. The molecular formula is C13H11Cl3O2S. The Labute approximate surface area is 130 Å². The first-order chi connectivity index (χ1) is 9.08. The van der Waals surface area contributed by atoms with Crippen LogP contribution in [0.2, 0.25) is 9.36 Å². The van der Waals surface area contributed by atoms with Crippen molar-refractivity contribution in [1.82, 2.24) is 0 Å². The van der Waals surface area contributed by atoms with Gasteiger partial charge in [0.2, 0.25) is 0 Å². The molecule has 0 bridgehead atoms. The molecule has 0 saturated carbocycles. The third kappa shape index (κ3) is 2.95. The third-order valence-electron chi connectivity index (χ3n) is 2.63. The standard InChI is InChI=1S/C13H11Cl3O2S/c1-17-8-4-3-7(13(18-2)12(8)16)11(15)9-5-6-10(14)19-9/h3-6,11H,1-2H3. The second-order valence-corrected chi connectivity index (χ2v) is 6.27. The summed E-state index contributed by atoms with van der Waals surface area (Å²) in [6.45, 7) is 0. The molecule has 6 heteroatoms. The van der Waals surface area contributed by atoms with Crippen LogP contribution in [0, 0.1) is 0 Å². The highest BCUT2D eigenvalue weighted by atomic mass is 35.5. The van der Waals surface area contributed by atoms with Crippen LogP contribution in [0.1, 0.15) is 15.8 Å². The Bertz CT molecular complexity index is 583. The Kier molecular flexibility index (Phi) is 4.85. The highest BCUT2D eigenvalue weighted by Gasteiger charge is 2.21. The summed E-state index contributed by atoms with van der Waals surface area (Å²) < 4.78 is 11.2. The van der Waals surface area contributed by atoms with Crippen molar-refractivity contribution in [2.24, 2.45) is 0 Å². The summed E-state index contributed by atoms with van der Waals surface area (Å²) in [6, 6.07) is 7.32. The Hall–Kier alpha value is -0.610. The molecule has 0 aliphatic rings. The number of benzene rings is 1. The Morgan fingerprint density at radius 2 is 1.79 bits per heavy atom. The molecule has 2 aromatic rings. The van der Waals surface area contributed by atoms with Crippen LogP contribution < -0.4 is 9.47 Å². The number of rotatable bonds is 4. The van der Waals surface area contributed by atoms with Gasteiger partial charge in [-0.15, -0.1) is 22.9 Å². The van der Waals surface area contributed by atoms with Gasteiger partial charge in [-0.2, -0.15) is 0 Å². The van der Waals surface area contributed by atoms with Crippen LogP contribution >= 0.6 is 46.1 Å². The monoisotopic (exact) mass is 336 g/mol. The van der Waals surface area contributed by atoms with E-state index in [2.05, 4.69) is 0 Å². The minimum atomic E-state index is -0.365. The Morgan fingerprint density at radius 3 is 2.32 bits per heavy atom. The van der Waals surface area contributed by atoms with E-state index in [1.165, 1.54) is 11.3 Å². The zero-order valence-electron chi connectivity index (χ0n) is 10.2. The van der Waals surface area contributed by atoms with E-state index in [-0.39, 0.29) is 5.38 Å². The first kappa shape index (κ1) is 14.8. The van der Waals surface area contributed by atoms with Crippen molar-refractivity contribution in [2.45, 2.75) is 5.38 Å². The molecule has 0 N–H and O–H groups in total. The molecule has 0 aliphatic heterocycles. The topological polar surface area (TPSA) is 18.5 Å². The number of methoxy groups -OCH3 is 2. The molecule has 0 radical (unpaired) electrons. The molecule has 0 spiro atoms. The molecule has 0 amide bonds. The van der Waals surface area contributed by atoms with Crippen molar-refractivity contribution >= 4 is 46.1 Å². The van der Waals surface area contributed by atoms with Crippen LogP contribution in [-0.4, -0.2) is 14.2 Å². The van der Waals surface area contributed by atoms with Gasteiger partial charge < -0.3 is 9.47 Å². The van der Waals surface area contributed by atoms with Crippen LogP contribution in [0.4, 0.5) is 0 Å². The van der Waals surface area contributed by atoms with Crippen LogP contribution in [0.15, 0.2) is 24.3 Å². The van der Waals surface area contributed by atoms with Crippen LogP contribution in [0.3, 0.4) is 0 Å². The van der Waals surface area contributed by atoms with Gasteiger partial charge in [0.15, 0.2) is 0 Å². The molecular weight excluding hydrogens is 327 g/mol. The van der Waals surface area contributed by atoms with Gasteiger partial charge in [0.1, 0.15) is 16.5 Å². The van der Waals surface area contributed by atoms with E-state index in [1.807, 2.05) is 18.2 Å². The SMILES string of the molecule is COc1ccc(C(Cl)c2ccc(Cl)s2)c(OC)c1Cl. The molecule has 1 aromatic carbocycles. The maximum absolute atomic E-state index is 6.47. The number of hydrogen-bond acceptors (Lipinski definition) is 3. The number of halogens is 3. The van der Waals surface area contributed by atoms with E-state index < -0.39 is 0 Å². The van der Waals surface area contributed by atoms with Gasteiger partial charge in [-0.05, 0) is 24.3 Å². The molecule has 0 aliphatic carbocycles. The van der Waals surface area contributed by atoms with E-state index in [0.717, 1.165) is 10.4 Å². The largest absolute Gasteiger partial charge is 0.495 e. The fourth-order valence-corrected chi connectivity index (χ4v) is 3.50. The van der Waals surface area contributed by atoms with Gasteiger partial charge in [0, 0.05) is 10.4 Å². The minimum Gasteiger partial charge on any atom is -0.495 e. The summed E-state index contributed by atoms with van der Waals surface area (Å²) >= 11 is 20.0. The van der Waals surface area contributed by atoms with E-state index in [1.54, 1.807) is 20.3 Å². The number of ether oxygens (including phenoxy) is 2. The van der Waals surface area contributed by atoms with Crippen molar-refractivity contribution in [1.29, 1.82) is 0 Å². The van der Waals surface area contributed by atoms with E-state index in [0.29, 0.717) is 20.9 Å². The molecule has 0 fully saturated rings. The lowest BCUT2D eigenvalue weighted by Crippen LogP contribution is -1.98. The molecule has 1 aromatic heterocycles. The molecule has 19 heavy (non-hydrogen) atoms. The van der Waals surface area contributed by atoms with E-state index in [9.17, 15) is 0 Å². The average molecular weight is 338 g/mol. The zero-order chi connectivity index (χ0) is 14.0. The second kappa shape index (κ2) is 6.23. The first-order valence-corrected chi connectivity index (χ1v) is 7.39. The molecule has 0 saturated heterocycles. The summed E-state index contributed by atoms with van der Waals surface area (Å²) in [6.07, 6.45) is 0. The van der Waals surface area contributed by atoms with Crippen molar-refractivity contribution in [3.63, 3.8) is 0 Å². The normalized spacial score (nSPS) is 12.3. The van der Waals surface area contributed by atoms with Gasteiger partial charge in [-0.1, -0.05) is 23.2 Å². The van der Waals surface area contributed by atoms with Crippen LogP contribution in [-0.2, 0) is 0 Å². The van der Waals surface area contributed by atoms with Gasteiger partial charge in [0.25, 0.3) is 0 Å². The highest BCUT2D eigenvalue weighted by Crippen LogP contribution is 2.44. The first-order valence-electron chi connectivity index (χ1n) is 5.38. The maximum Gasteiger partial charge on any atom is 0.146 e. The predicted octanol–water partition coefficient (Wildman–Crippen LogP) is 5.40. The van der Waals surface area contributed by atoms with Crippen molar-refractivity contribution < 1.29 is 9.47 Å². The van der Waals surface area contributed by atoms with Gasteiger partial charge in [-0.25, -0.2) is 0 Å². The average Bonchev–Trinajstić information content (AvgIpc) is 2.84. The lowest BCUT2D eigenvalue weighted by molar-refractivity contribution is 0.392. The summed E-state index contributed by atoms with van der Waals surface area (Å²) in [5.41, 5.74) is 0.786. The van der Waals surface area contributed by atoms with Gasteiger partial charge >= 0.3 is 0 Å². The summed E-state index contributed by atoms with van der Waals surface area (Å²) in [4.78, 5) is 0.936. The molecule has 2 nitrogen and oxygen atoms in total. The molecule has 1 unspecified atom stereocenters. The van der Waals surface area contributed by atoms with Crippen molar-refractivity contribution in [2.75, 3.05) is 14.2 Å². The zero-order valence-corrected chi connectivity index (χ0v) is 13.3. The Balaban J connectivity index is 2.47. The van der Waals surface area contributed by atoms with Gasteiger partial charge in [-0.3, -0.25) is 0 Å².